The van der Waals surface area contributed by atoms with Crippen molar-refractivity contribution in [3.8, 4) is 0 Å². The zero-order valence-electron chi connectivity index (χ0n) is 10.1. The molecule has 1 saturated heterocycles. The smallest absolute Gasteiger partial charge is 0.137 e. The van der Waals surface area contributed by atoms with Crippen LogP contribution >= 0.6 is 11.8 Å². The molecule has 2 rings (SSSR count). The summed E-state index contributed by atoms with van der Waals surface area (Å²) in [6, 6.07) is 0. The van der Waals surface area contributed by atoms with Gasteiger partial charge in [-0.1, -0.05) is 0 Å². The van der Waals surface area contributed by atoms with Gasteiger partial charge < -0.3 is 10.2 Å². The molecule has 5 heteroatoms. The lowest BCUT2D eigenvalue weighted by Gasteiger charge is -2.29. The molecule has 0 atom stereocenters. The minimum Gasteiger partial charge on any atom is -0.373 e. The molecule has 4 nitrogen and oxygen atoms in total. The Kier molecular flexibility index (Phi) is 3.53. The summed E-state index contributed by atoms with van der Waals surface area (Å²) in [6.45, 7) is 6.21. The minimum absolute atomic E-state index is 0.836. The van der Waals surface area contributed by atoms with Crippen molar-refractivity contribution in [3.05, 3.63) is 11.4 Å². The maximum Gasteiger partial charge on any atom is 0.137 e. The molecular weight excluding hydrogens is 220 g/mol. The molecule has 16 heavy (non-hydrogen) atoms. The fourth-order valence-electron chi connectivity index (χ4n) is 1.94. The Morgan fingerprint density at radius 3 is 2.50 bits per heavy atom. The largest absolute Gasteiger partial charge is 0.373 e. The fourth-order valence-corrected chi connectivity index (χ4v) is 2.84. The number of hydrogen-bond acceptors (Lipinski definition) is 5. The Morgan fingerprint density at radius 2 is 1.88 bits per heavy atom. The van der Waals surface area contributed by atoms with Crippen LogP contribution in [0.2, 0.25) is 0 Å². The van der Waals surface area contributed by atoms with Crippen LogP contribution in [0.15, 0.2) is 0 Å². The molecule has 0 spiro atoms. The molecule has 0 unspecified atom stereocenters. The van der Waals surface area contributed by atoms with E-state index < -0.39 is 0 Å². The normalized spacial score (nSPS) is 16.3. The van der Waals surface area contributed by atoms with Crippen LogP contribution in [-0.4, -0.2) is 41.6 Å². The van der Waals surface area contributed by atoms with Crippen LogP contribution in [-0.2, 0) is 0 Å². The molecule has 0 radical (unpaired) electrons. The zero-order valence-corrected chi connectivity index (χ0v) is 10.9. The van der Waals surface area contributed by atoms with Crippen molar-refractivity contribution in [2.45, 2.75) is 13.8 Å². The van der Waals surface area contributed by atoms with E-state index in [1.54, 1.807) is 0 Å². The highest BCUT2D eigenvalue weighted by atomic mass is 32.2. The summed E-state index contributed by atoms with van der Waals surface area (Å²) < 4.78 is 0. The molecule has 0 aromatic carbocycles. The summed E-state index contributed by atoms with van der Waals surface area (Å²) in [5.74, 6) is 5.26. The van der Waals surface area contributed by atoms with E-state index in [4.69, 9.17) is 0 Å². The molecule has 1 aromatic rings. The molecule has 88 valence electrons. The Bertz CT molecular complexity index is 374. The van der Waals surface area contributed by atoms with Crippen LogP contribution in [0.1, 0.15) is 11.4 Å². The molecule has 2 heterocycles. The molecular formula is C11H18N4S. The van der Waals surface area contributed by atoms with Crippen LogP contribution in [0.25, 0.3) is 0 Å². The maximum atomic E-state index is 4.57. The fraction of sp³-hybridized carbons (Fsp3) is 0.636. The highest BCUT2D eigenvalue weighted by Gasteiger charge is 2.17. The van der Waals surface area contributed by atoms with Gasteiger partial charge in [0.2, 0.25) is 0 Å². The molecule has 1 aromatic heterocycles. The Balaban J connectivity index is 2.34. The van der Waals surface area contributed by atoms with Gasteiger partial charge in [0, 0.05) is 37.2 Å². The summed E-state index contributed by atoms with van der Waals surface area (Å²) in [7, 11) is 1.91. The number of anilines is 2. The molecule has 1 aliphatic heterocycles. The van der Waals surface area contributed by atoms with E-state index in [2.05, 4.69) is 27.1 Å². The van der Waals surface area contributed by atoms with E-state index >= 15 is 0 Å². The first-order valence-corrected chi connectivity index (χ1v) is 6.73. The van der Waals surface area contributed by atoms with E-state index in [1.807, 2.05) is 25.7 Å². The van der Waals surface area contributed by atoms with E-state index in [0.717, 1.165) is 36.1 Å². The van der Waals surface area contributed by atoms with Crippen molar-refractivity contribution in [1.82, 2.24) is 9.97 Å². The van der Waals surface area contributed by atoms with Gasteiger partial charge in [-0.05, 0) is 13.8 Å². The van der Waals surface area contributed by atoms with E-state index in [1.165, 1.54) is 11.5 Å². The first-order chi connectivity index (χ1) is 7.72. The predicted octanol–water partition coefficient (Wildman–Crippen LogP) is 1.69. The molecule has 1 N–H and O–H groups in total. The zero-order chi connectivity index (χ0) is 11.5. The van der Waals surface area contributed by atoms with Crippen molar-refractivity contribution >= 4 is 23.4 Å². The Morgan fingerprint density at radius 1 is 1.19 bits per heavy atom. The average molecular weight is 238 g/mol. The average Bonchev–Trinajstić information content (AvgIpc) is 2.33. The predicted molar refractivity (Wildman–Crippen MR) is 70.6 cm³/mol. The van der Waals surface area contributed by atoms with Crippen molar-refractivity contribution in [3.63, 3.8) is 0 Å². The minimum atomic E-state index is 0.836. The number of aromatic nitrogens is 2. The number of thioether (sulfide) groups is 1. The number of rotatable bonds is 2. The Labute approximate surface area is 101 Å². The van der Waals surface area contributed by atoms with Crippen molar-refractivity contribution in [2.24, 2.45) is 0 Å². The summed E-state index contributed by atoms with van der Waals surface area (Å²) in [4.78, 5) is 11.3. The third-order valence-corrected chi connectivity index (χ3v) is 3.72. The summed E-state index contributed by atoms with van der Waals surface area (Å²) in [5, 5.41) is 3.13. The van der Waals surface area contributed by atoms with Crippen LogP contribution in [0, 0.1) is 13.8 Å². The number of hydrogen-bond donors (Lipinski definition) is 1. The SMILES string of the molecule is CNc1nc(C)nc(N2CCSCC2)c1C. The van der Waals surface area contributed by atoms with Gasteiger partial charge in [-0.3, -0.25) is 0 Å². The molecule has 1 fully saturated rings. The van der Waals surface area contributed by atoms with Gasteiger partial charge in [0.25, 0.3) is 0 Å². The summed E-state index contributed by atoms with van der Waals surface area (Å²) in [6.07, 6.45) is 0. The van der Waals surface area contributed by atoms with Crippen LogP contribution in [0.4, 0.5) is 11.6 Å². The number of nitrogens with one attached hydrogen (secondary N) is 1. The monoisotopic (exact) mass is 238 g/mol. The van der Waals surface area contributed by atoms with Crippen molar-refractivity contribution < 1.29 is 0 Å². The third-order valence-electron chi connectivity index (χ3n) is 2.78. The first-order valence-electron chi connectivity index (χ1n) is 5.58. The van der Waals surface area contributed by atoms with E-state index in [9.17, 15) is 0 Å². The van der Waals surface area contributed by atoms with Crippen LogP contribution in [0.3, 0.4) is 0 Å². The quantitative estimate of drug-likeness (QED) is 0.849. The van der Waals surface area contributed by atoms with Gasteiger partial charge >= 0.3 is 0 Å². The topological polar surface area (TPSA) is 41.1 Å². The third kappa shape index (κ3) is 2.24. The van der Waals surface area contributed by atoms with Gasteiger partial charge in [-0.15, -0.1) is 0 Å². The van der Waals surface area contributed by atoms with E-state index in [-0.39, 0.29) is 0 Å². The molecule has 1 aliphatic rings. The highest BCUT2D eigenvalue weighted by Crippen LogP contribution is 2.25. The van der Waals surface area contributed by atoms with Crippen LogP contribution < -0.4 is 10.2 Å². The lowest BCUT2D eigenvalue weighted by Crippen LogP contribution is -2.34. The van der Waals surface area contributed by atoms with Crippen molar-refractivity contribution in [2.75, 3.05) is 41.9 Å². The second-order valence-corrected chi connectivity index (χ2v) is 5.14. The summed E-state index contributed by atoms with van der Waals surface area (Å²) in [5.41, 5.74) is 1.15. The molecule has 0 amide bonds. The second kappa shape index (κ2) is 4.91. The first kappa shape index (κ1) is 11.5. The summed E-state index contributed by atoms with van der Waals surface area (Å²) >= 11 is 2.01. The molecule has 0 saturated carbocycles. The maximum absolute atomic E-state index is 4.57. The van der Waals surface area contributed by atoms with Gasteiger partial charge in [0.1, 0.15) is 17.5 Å². The van der Waals surface area contributed by atoms with Crippen LogP contribution in [0.5, 0.6) is 0 Å². The van der Waals surface area contributed by atoms with Gasteiger partial charge in [0.05, 0.1) is 0 Å². The highest BCUT2D eigenvalue weighted by molar-refractivity contribution is 7.99. The van der Waals surface area contributed by atoms with E-state index in [0.29, 0.717) is 0 Å². The number of nitrogens with zero attached hydrogens (tertiary/aromatic N) is 3. The second-order valence-electron chi connectivity index (χ2n) is 3.92. The van der Waals surface area contributed by atoms with Gasteiger partial charge in [-0.2, -0.15) is 11.8 Å². The Hall–Kier alpha value is -0.970. The number of aryl methyl sites for hydroxylation is 1. The molecule has 0 bridgehead atoms. The molecule has 0 aliphatic carbocycles. The van der Waals surface area contributed by atoms with Gasteiger partial charge in [-0.25, -0.2) is 9.97 Å². The lowest BCUT2D eigenvalue weighted by molar-refractivity contribution is 0.822. The standard InChI is InChI=1S/C11H18N4S/c1-8-10(12-3)13-9(2)14-11(8)15-4-6-16-7-5-15/h4-7H2,1-3H3,(H,12,13,14). The lowest BCUT2D eigenvalue weighted by atomic mass is 10.2. The van der Waals surface area contributed by atoms with Gasteiger partial charge in [0.15, 0.2) is 0 Å². The van der Waals surface area contributed by atoms with Crippen molar-refractivity contribution in [1.29, 1.82) is 0 Å².